The Kier molecular flexibility index (Phi) is 9.11. The van der Waals surface area contributed by atoms with Crippen LogP contribution in [0.25, 0.3) is 0 Å². The van der Waals surface area contributed by atoms with Gasteiger partial charge in [-0.05, 0) is 83.5 Å². The third kappa shape index (κ3) is 6.35. The fourth-order valence-electron chi connectivity index (χ4n) is 6.87. The lowest BCUT2D eigenvalue weighted by molar-refractivity contribution is 0.386. The summed E-state index contributed by atoms with van der Waals surface area (Å²) in [5.41, 5.74) is 2.99. The van der Waals surface area contributed by atoms with Crippen LogP contribution in [0.3, 0.4) is 0 Å². The highest BCUT2D eigenvalue weighted by Crippen LogP contribution is 2.45. The molecule has 0 N–H and O–H groups in total. The maximum atomic E-state index is 2.44. The first-order chi connectivity index (χ1) is 21.8. The summed E-state index contributed by atoms with van der Waals surface area (Å²) >= 11 is 0. The number of benzene rings is 6. The van der Waals surface area contributed by atoms with Crippen molar-refractivity contribution in [2.45, 2.75) is 37.5 Å². The van der Waals surface area contributed by atoms with Gasteiger partial charge < -0.3 is 0 Å². The predicted molar refractivity (Wildman–Crippen MR) is 194 cm³/mol. The van der Waals surface area contributed by atoms with Gasteiger partial charge in [0.15, 0.2) is 0 Å². The quantitative estimate of drug-likeness (QED) is 0.153. The van der Waals surface area contributed by atoms with Crippen molar-refractivity contribution in [1.29, 1.82) is 0 Å². The van der Waals surface area contributed by atoms with Crippen LogP contribution in [-0.2, 0) is 0 Å². The Bertz CT molecular complexity index is 1520. The van der Waals surface area contributed by atoms with Gasteiger partial charge in [0, 0.05) is 0 Å². The van der Waals surface area contributed by atoms with Gasteiger partial charge in [-0.15, -0.1) is 0 Å². The van der Waals surface area contributed by atoms with E-state index in [-0.39, 0.29) is 0 Å². The van der Waals surface area contributed by atoms with Crippen LogP contribution in [0, 0.1) is 0 Å². The van der Waals surface area contributed by atoms with Crippen molar-refractivity contribution in [3.05, 3.63) is 181 Å². The normalized spacial score (nSPS) is 16.7. The first-order valence-corrected chi connectivity index (χ1v) is 18.5. The molecular weight excluding hydrogens is 566 g/mol. The van der Waals surface area contributed by atoms with Gasteiger partial charge in [0.25, 0.3) is 0 Å². The van der Waals surface area contributed by atoms with Crippen LogP contribution >= 0.6 is 15.8 Å². The zero-order valence-electron chi connectivity index (χ0n) is 25.0. The highest BCUT2D eigenvalue weighted by molar-refractivity contribution is 7.80. The molecule has 1 saturated carbocycles. The third-order valence-corrected chi connectivity index (χ3v) is 13.9. The molecule has 44 heavy (non-hydrogen) atoms. The molecule has 216 valence electrons. The minimum Gasteiger partial charge on any atom is -0.0622 e. The zero-order chi connectivity index (χ0) is 29.6. The first kappa shape index (κ1) is 28.9. The van der Waals surface area contributed by atoms with Gasteiger partial charge >= 0.3 is 0 Å². The summed E-state index contributed by atoms with van der Waals surface area (Å²) in [4.78, 5) is 0. The van der Waals surface area contributed by atoms with Gasteiger partial charge in [-0.25, -0.2) is 0 Å². The molecule has 2 unspecified atom stereocenters. The van der Waals surface area contributed by atoms with Gasteiger partial charge in [0.05, 0.1) is 0 Å². The van der Waals surface area contributed by atoms with Crippen molar-refractivity contribution in [1.82, 2.24) is 0 Å². The van der Waals surface area contributed by atoms with Crippen molar-refractivity contribution in [2.24, 2.45) is 0 Å². The smallest absolute Gasteiger partial charge is 0.00931 e. The molecule has 0 saturated heterocycles. The van der Waals surface area contributed by atoms with Crippen molar-refractivity contribution in [3.8, 4) is 0 Å². The molecule has 1 fully saturated rings. The van der Waals surface area contributed by atoms with Crippen molar-refractivity contribution < 1.29 is 0 Å². The van der Waals surface area contributed by atoms with Gasteiger partial charge in [0.1, 0.15) is 0 Å². The van der Waals surface area contributed by atoms with Crippen molar-refractivity contribution in [2.75, 3.05) is 0 Å². The molecule has 0 heterocycles. The summed E-state index contributed by atoms with van der Waals surface area (Å²) in [6.45, 7) is 0. The highest BCUT2D eigenvalue weighted by Gasteiger charge is 2.28. The van der Waals surface area contributed by atoms with Gasteiger partial charge in [-0.2, -0.15) is 0 Å². The molecule has 0 aliphatic heterocycles. The summed E-state index contributed by atoms with van der Waals surface area (Å²) < 4.78 is 0. The molecule has 6 aromatic carbocycles. The summed E-state index contributed by atoms with van der Waals surface area (Å²) in [5, 5.41) is 8.47. The number of rotatable bonds is 8. The Morgan fingerprint density at radius 2 is 0.545 bits per heavy atom. The van der Waals surface area contributed by atoms with Crippen LogP contribution in [0.2, 0.25) is 0 Å². The fraction of sp³-hybridized carbons (Fsp3) is 0.143. The molecule has 0 bridgehead atoms. The Morgan fingerprint density at radius 1 is 0.295 bits per heavy atom. The van der Waals surface area contributed by atoms with E-state index in [9.17, 15) is 0 Å². The van der Waals surface area contributed by atoms with Crippen molar-refractivity contribution >= 4 is 47.7 Å². The first-order valence-electron chi connectivity index (χ1n) is 15.9. The summed E-state index contributed by atoms with van der Waals surface area (Å²) in [5.74, 6) is 1.13. The zero-order valence-corrected chi connectivity index (χ0v) is 26.8. The average Bonchev–Trinajstić information content (AvgIpc) is 3.11. The second kappa shape index (κ2) is 13.9. The molecule has 2 atom stereocenters. The van der Waals surface area contributed by atoms with E-state index in [1.165, 1.54) is 68.6 Å². The maximum absolute atomic E-state index is 2.44. The lowest BCUT2D eigenvalue weighted by atomic mass is 9.72. The van der Waals surface area contributed by atoms with Crippen LogP contribution in [0.15, 0.2) is 170 Å². The van der Waals surface area contributed by atoms with E-state index < -0.39 is 15.8 Å². The Balaban J connectivity index is 1.17. The second-order valence-corrected chi connectivity index (χ2v) is 16.1. The van der Waals surface area contributed by atoms with E-state index in [0.717, 1.165) is 0 Å². The van der Waals surface area contributed by atoms with Gasteiger partial charge in [-0.1, -0.05) is 183 Å². The molecular formula is C42H38P2. The molecule has 0 amide bonds. The minimum atomic E-state index is -0.578. The van der Waals surface area contributed by atoms with E-state index >= 15 is 0 Å². The lowest BCUT2D eigenvalue weighted by Gasteiger charge is -2.33. The van der Waals surface area contributed by atoms with E-state index in [4.69, 9.17) is 0 Å². The van der Waals surface area contributed by atoms with Crippen LogP contribution in [0.1, 0.15) is 48.6 Å². The van der Waals surface area contributed by atoms with E-state index in [1.54, 1.807) is 0 Å². The molecule has 0 nitrogen and oxygen atoms in total. The SMILES string of the molecule is c1ccc(P(c2ccccc2)c2ccc(C3CCCCC3c3ccc(P(c4ccccc4)c4ccccc4)cc3)cc2)cc1. The molecule has 1 aliphatic rings. The van der Waals surface area contributed by atoms with Crippen LogP contribution < -0.4 is 31.8 Å². The summed E-state index contributed by atoms with van der Waals surface area (Å²) in [7, 11) is -1.16. The molecule has 1 aliphatic carbocycles. The molecule has 6 aromatic rings. The van der Waals surface area contributed by atoms with E-state index in [0.29, 0.717) is 11.8 Å². The summed E-state index contributed by atoms with van der Waals surface area (Å²) in [6.07, 6.45) is 5.15. The molecule has 0 spiro atoms. The lowest BCUT2D eigenvalue weighted by Crippen LogP contribution is -2.22. The second-order valence-electron chi connectivity index (χ2n) is 11.7. The molecule has 2 heteroatoms. The molecule has 0 radical (unpaired) electrons. The average molecular weight is 605 g/mol. The van der Waals surface area contributed by atoms with Gasteiger partial charge in [-0.3, -0.25) is 0 Å². The van der Waals surface area contributed by atoms with Crippen LogP contribution in [0.5, 0.6) is 0 Å². The number of hydrogen-bond donors (Lipinski definition) is 0. The summed E-state index contributed by atoms with van der Waals surface area (Å²) in [6, 6.07) is 63.6. The molecule has 0 aromatic heterocycles. The van der Waals surface area contributed by atoms with Crippen LogP contribution in [0.4, 0.5) is 0 Å². The third-order valence-electron chi connectivity index (χ3n) is 8.98. The fourth-order valence-corrected chi connectivity index (χ4v) is 11.4. The number of hydrogen-bond acceptors (Lipinski definition) is 0. The Morgan fingerprint density at radius 3 is 0.818 bits per heavy atom. The van der Waals surface area contributed by atoms with Crippen LogP contribution in [-0.4, -0.2) is 0 Å². The standard InChI is InChI=1S/C42H38P2/c1-5-15-35(16-6-1)43(36-17-7-2-8-18-36)39-29-25-33(26-30-39)41-23-13-14-24-42(41)34-27-31-40(32-28-34)44(37-19-9-3-10-20-37)38-21-11-4-12-22-38/h1-12,15-22,25-32,41-42H,13-14,23-24H2. The maximum Gasteiger partial charge on any atom is -0.00931 e. The van der Waals surface area contributed by atoms with E-state index in [1.807, 2.05) is 0 Å². The van der Waals surface area contributed by atoms with E-state index in [2.05, 4.69) is 170 Å². The highest BCUT2D eigenvalue weighted by atomic mass is 31.1. The van der Waals surface area contributed by atoms with Crippen molar-refractivity contribution in [3.63, 3.8) is 0 Å². The monoisotopic (exact) mass is 604 g/mol. The predicted octanol–water partition coefficient (Wildman–Crippen LogP) is 8.64. The molecule has 7 rings (SSSR count). The minimum absolute atomic E-state index is 0.563. The Labute approximate surface area is 265 Å². The largest absolute Gasteiger partial charge is 0.0622 e. The Hall–Kier alpha value is -3.82. The topological polar surface area (TPSA) is 0 Å². The van der Waals surface area contributed by atoms with Gasteiger partial charge in [0.2, 0.25) is 0 Å².